The molecule has 1 aromatic rings. The predicted octanol–water partition coefficient (Wildman–Crippen LogP) is 1.94. The van der Waals surface area contributed by atoms with E-state index in [1.165, 1.54) is 18.8 Å². The van der Waals surface area contributed by atoms with E-state index in [9.17, 15) is 9.00 Å². The molecule has 0 aliphatic carbocycles. The molecule has 20 heavy (non-hydrogen) atoms. The summed E-state index contributed by atoms with van der Waals surface area (Å²) in [5.74, 6) is 0. The van der Waals surface area contributed by atoms with Crippen molar-refractivity contribution < 1.29 is 18.0 Å². The number of hydrogen-bond donors (Lipinski definition) is 0. The normalized spacial score (nSPS) is 12.8. The second-order valence-electron chi connectivity index (χ2n) is 3.47. The zero-order chi connectivity index (χ0) is 15.0. The highest BCUT2D eigenvalue weighted by Crippen LogP contribution is 2.04. The summed E-state index contributed by atoms with van der Waals surface area (Å²) in [6.45, 7) is 1.71. The second kappa shape index (κ2) is 8.67. The molecule has 0 aromatic carbocycles. The second-order valence-corrected chi connectivity index (χ2v) is 5.69. The molecule has 0 fully saturated rings. The van der Waals surface area contributed by atoms with Gasteiger partial charge in [0.25, 0.3) is 11.3 Å². The van der Waals surface area contributed by atoms with E-state index in [1.54, 1.807) is 37.6 Å². The van der Waals surface area contributed by atoms with E-state index in [0.29, 0.717) is 10.7 Å². The maximum absolute atomic E-state index is 11.7. The maximum Gasteiger partial charge on any atom is 0.449 e. The van der Waals surface area contributed by atoms with Gasteiger partial charge in [-0.1, -0.05) is 11.2 Å². The van der Waals surface area contributed by atoms with E-state index in [4.69, 9.17) is 4.18 Å². The van der Waals surface area contributed by atoms with Crippen molar-refractivity contribution in [2.75, 3.05) is 13.3 Å². The van der Waals surface area contributed by atoms with Crippen LogP contribution in [0.3, 0.4) is 0 Å². The monoisotopic (exact) mass is 317 g/mol. The fourth-order valence-corrected chi connectivity index (χ4v) is 1.58. The summed E-state index contributed by atoms with van der Waals surface area (Å²) in [6, 6.07) is 5.27. The van der Waals surface area contributed by atoms with E-state index >= 15 is 0 Å². The molecule has 1 heterocycles. The molecule has 0 saturated heterocycles. The molecule has 0 spiro atoms. The number of nitrogens with zero attached hydrogens (tertiary/aromatic N) is 3. The van der Waals surface area contributed by atoms with Gasteiger partial charge in [0.15, 0.2) is 0 Å². The summed E-state index contributed by atoms with van der Waals surface area (Å²) in [4.78, 5) is 20.1. The molecule has 7 nitrogen and oxygen atoms in total. The standard InChI is InChI=1S/C11H15N3O4S2/c1-9(19-3)13-18-11(15)14(2)20(16)17-8-10-6-4-5-7-12-10/h4-7H,8H2,1-3H3. The van der Waals surface area contributed by atoms with Crippen LogP contribution in [0.4, 0.5) is 4.79 Å². The van der Waals surface area contributed by atoms with Gasteiger partial charge in [0, 0.05) is 13.2 Å². The van der Waals surface area contributed by atoms with Gasteiger partial charge in [0.2, 0.25) is 0 Å². The Morgan fingerprint density at radius 1 is 1.55 bits per heavy atom. The first-order valence-corrected chi connectivity index (χ1v) is 7.78. The number of carbonyl (C=O) groups is 1. The van der Waals surface area contributed by atoms with Gasteiger partial charge in [-0.15, -0.1) is 11.8 Å². The van der Waals surface area contributed by atoms with E-state index in [2.05, 4.69) is 15.0 Å². The molecule has 9 heteroatoms. The van der Waals surface area contributed by atoms with Crippen LogP contribution in [0.25, 0.3) is 0 Å². The van der Waals surface area contributed by atoms with Gasteiger partial charge in [-0.05, 0) is 25.3 Å². The van der Waals surface area contributed by atoms with Gasteiger partial charge in [-0.3, -0.25) is 14.0 Å². The lowest BCUT2D eigenvalue weighted by Gasteiger charge is -2.12. The van der Waals surface area contributed by atoms with Crippen LogP contribution in [0.5, 0.6) is 0 Å². The smallest absolute Gasteiger partial charge is 0.296 e. The van der Waals surface area contributed by atoms with E-state index < -0.39 is 17.4 Å². The van der Waals surface area contributed by atoms with Crippen LogP contribution in [0.2, 0.25) is 0 Å². The third-order valence-corrected chi connectivity index (χ3v) is 3.64. The van der Waals surface area contributed by atoms with E-state index in [0.717, 1.165) is 4.31 Å². The Kier molecular flexibility index (Phi) is 7.20. The third-order valence-electron chi connectivity index (χ3n) is 2.06. The quantitative estimate of drug-likeness (QED) is 0.357. The predicted molar refractivity (Wildman–Crippen MR) is 78.0 cm³/mol. The van der Waals surface area contributed by atoms with Gasteiger partial charge in [-0.2, -0.15) is 0 Å². The molecule has 1 aromatic heterocycles. The number of hydrogen-bond acceptors (Lipinski definition) is 7. The van der Waals surface area contributed by atoms with Gasteiger partial charge < -0.3 is 0 Å². The van der Waals surface area contributed by atoms with Crippen LogP contribution >= 0.6 is 11.8 Å². The summed E-state index contributed by atoms with van der Waals surface area (Å²) in [7, 11) is 1.29. The molecule has 0 aliphatic heterocycles. The van der Waals surface area contributed by atoms with E-state index in [-0.39, 0.29) is 6.61 Å². The van der Waals surface area contributed by atoms with Crippen LogP contribution in [0.1, 0.15) is 12.6 Å². The van der Waals surface area contributed by atoms with Crippen molar-refractivity contribution in [3.05, 3.63) is 30.1 Å². The lowest BCUT2D eigenvalue weighted by atomic mass is 10.4. The Labute approximate surface area is 124 Å². The first kappa shape index (κ1) is 16.6. The number of carbonyl (C=O) groups excluding carboxylic acids is 1. The van der Waals surface area contributed by atoms with Crippen molar-refractivity contribution in [2.45, 2.75) is 13.5 Å². The van der Waals surface area contributed by atoms with Crippen LogP contribution in [-0.4, -0.2) is 37.9 Å². The summed E-state index contributed by atoms with van der Waals surface area (Å²) in [5.41, 5.74) is 0.610. The minimum Gasteiger partial charge on any atom is -0.296 e. The highest BCUT2D eigenvalue weighted by atomic mass is 32.2. The molecule has 0 saturated carbocycles. The van der Waals surface area contributed by atoms with Crippen LogP contribution in [0, 0.1) is 0 Å². The summed E-state index contributed by atoms with van der Waals surface area (Å²) < 4.78 is 17.5. The molecule has 0 aliphatic rings. The summed E-state index contributed by atoms with van der Waals surface area (Å²) in [5, 5.41) is 4.13. The van der Waals surface area contributed by atoms with Crippen LogP contribution in [-0.2, 0) is 26.9 Å². The molecule has 1 amide bonds. The molecule has 1 atom stereocenters. The van der Waals surface area contributed by atoms with Crippen LogP contribution in [0.15, 0.2) is 29.6 Å². The number of thioether (sulfide) groups is 1. The SMILES string of the molecule is CSC(C)=NOC(=O)N(C)S(=O)OCc1ccccn1. The van der Waals surface area contributed by atoms with Crippen molar-refractivity contribution in [1.82, 2.24) is 9.29 Å². The minimum atomic E-state index is -1.97. The Bertz CT molecular complexity index is 496. The average Bonchev–Trinajstić information content (AvgIpc) is 2.49. The third kappa shape index (κ3) is 5.68. The molecule has 1 rings (SSSR count). The van der Waals surface area contributed by atoms with Crippen LogP contribution < -0.4 is 0 Å². The van der Waals surface area contributed by atoms with Crippen molar-refractivity contribution in [1.29, 1.82) is 0 Å². The fraction of sp³-hybridized carbons (Fsp3) is 0.364. The lowest BCUT2D eigenvalue weighted by molar-refractivity contribution is 0.132. The molecule has 0 N–H and O–H groups in total. The van der Waals surface area contributed by atoms with Gasteiger partial charge in [0.1, 0.15) is 11.7 Å². The Morgan fingerprint density at radius 2 is 2.30 bits per heavy atom. The zero-order valence-electron chi connectivity index (χ0n) is 11.3. The summed E-state index contributed by atoms with van der Waals surface area (Å²) in [6.07, 6.45) is 2.53. The van der Waals surface area contributed by atoms with Gasteiger partial charge >= 0.3 is 6.09 Å². The molecule has 0 bridgehead atoms. The first-order valence-electron chi connectivity index (χ1n) is 5.53. The Balaban J connectivity index is 2.44. The Morgan fingerprint density at radius 3 is 2.90 bits per heavy atom. The zero-order valence-corrected chi connectivity index (χ0v) is 12.9. The average molecular weight is 317 g/mol. The van der Waals surface area contributed by atoms with Crippen molar-refractivity contribution in [2.24, 2.45) is 5.16 Å². The number of pyridine rings is 1. The van der Waals surface area contributed by atoms with Crippen molar-refractivity contribution in [3.8, 4) is 0 Å². The molecule has 110 valence electrons. The lowest BCUT2D eigenvalue weighted by Crippen LogP contribution is -2.29. The number of aromatic nitrogens is 1. The largest absolute Gasteiger partial charge is 0.449 e. The number of amides is 1. The molecular formula is C11H15N3O4S2. The molecular weight excluding hydrogens is 302 g/mol. The highest BCUT2D eigenvalue weighted by molar-refractivity contribution is 8.13. The highest BCUT2D eigenvalue weighted by Gasteiger charge is 2.18. The molecule has 0 radical (unpaired) electrons. The van der Waals surface area contributed by atoms with Gasteiger partial charge in [-0.25, -0.2) is 13.3 Å². The topological polar surface area (TPSA) is 81.1 Å². The number of rotatable bonds is 5. The Hall–Kier alpha value is -1.45. The summed E-state index contributed by atoms with van der Waals surface area (Å²) >= 11 is -0.636. The maximum atomic E-state index is 11.7. The van der Waals surface area contributed by atoms with E-state index in [1.807, 2.05) is 0 Å². The fourth-order valence-electron chi connectivity index (χ4n) is 0.932. The minimum absolute atomic E-state index is 0.0260. The first-order chi connectivity index (χ1) is 9.54. The van der Waals surface area contributed by atoms with Crippen molar-refractivity contribution >= 4 is 34.2 Å². The van der Waals surface area contributed by atoms with Crippen molar-refractivity contribution in [3.63, 3.8) is 0 Å². The molecule has 1 unspecified atom stereocenters. The van der Waals surface area contributed by atoms with Gasteiger partial charge in [0.05, 0.1) is 5.69 Å². The number of oxime groups is 1.